The molecule has 0 radical (unpaired) electrons. The first kappa shape index (κ1) is 8.58. The molecule has 0 bridgehead atoms. The first-order valence-corrected chi connectivity index (χ1v) is 3.50. The van der Waals surface area contributed by atoms with E-state index < -0.39 is 0 Å². The normalized spacial score (nSPS) is 9.08. The largest absolute Gasteiger partial charge is 0.273 e. The highest BCUT2D eigenvalue weighted by Crippen LogP contribution is 2.08. The molecule has 1 rings (SSSR count). The average Bonchev–Trinajstić information content (AvgIpc) is 2.52. The quantitative estimate of drug-likeness (QED) is 0.304. The van der Waals surface area contributed by atoms with E-state index in [2.05, 4.69) is 15.0 Å². The minimum atomic E-state index is -0.378. The van der Waals surface area contributed by atoms with Crippen LogP contribution >= 0.6 is 11.6 Å². The third-order valence-corrected chi connectivity index (χ3v) is 1.37. The topological polar surface area (TPSA) is 83.7 Å². The van der Waals surface area contributed by atoms with Crippen molar-refractivity contribution in [2.24, 2.45) is 5.11 Å². The Morgan fingerprint density at radius 3 is 3.25 bits per heavy atom. The van der Waals surface area contributed by atoms with Gasteiger partial charge < -0.3 is 0 Å². The predicted octanol–water partition coefficient (Wildman–Crippen LogP) is 1.70. The van der Waals surface area contributed by atoms with Crippen LogP contribution in [0, 0.1) is 0 Å². The second-order valence-corrected chi connectivity index (χ2v) is 2.08. The van der Waals surface area contributed by atoms with Gasteiger partial charge in [-0.15, -0.1) is 11.6 Å². The molecule has 7 heteroatoms. The third kappa shape index (κ3) is 1.55. The summed E-state index contributed by atoms with van der Waals surface area (Å²) in [5, 5.41) is 3.19. The van der Waals surface area contributed by atoms with E-state index in [4.69, 9.17) is 17.1 Å². The number of carbonyl (C=O) groups excluding carboxylic acids is 1. The van der Waals surface area contributed by atoms with Crippen LogP contribution in [-0.4, -0.2) is 21.3 Å². The molecule has 0 fully saturated rings. The third-order valence-electron chi connectivity index (χ3n) is 1.14. The summed E-state index contributed by atoms with van der Waals surface area (Å²) in [7, 11) is 0. The number of hydrogen-bond acceptors (Lipinski definition) is 3. The van der Waals surface area contributed by atoms with Gasteiger partial charge in [0.05, 0.1) is 0 Å². The minimum absolute atomic E-state index is 0.00292. The smallest absolute Gasteiger partial charge is 0.247 e. The number of azide groups is 1. The molecule has 0 aromatic carbocycles. The van der Waals surface area contributed by atoms with E-state index in [1.807, 2.05) is 0 Å². The summed E-state index contributed by atoms with van der Waals surface area (Å²) < 4.78 is 1.09. The fourth-order valence-corrected chi connectivity index (χ4v) is 0.797. The maximum absolute atomic E-state index is 11.0. The maximum Gasteiger partial charge on any atom is 0.247 e. The Bertz CT molecular complexity index is 339. The van der Waals surface area contributed by atoms with Gasteiger partial charge in [-0.05, 0) is 10.6 Å². The van der Waals surface area contributed by atoms with E-state index in [0.717, 1.165) is 4.57 Å². The summed E-state index contributed by atoms with van der Waals surface area (Å²) in [5.74, 6) is -0.552. The van der Waals surface area contributed by atoms with Crippen molar-refractivity contribution in [3.63, 3.8) is 0 Å². The number of carbonyl (C=O) groups is 1. The first-order chi connectivity index (χ1) is 5.79. The van der Waals surface area contributed by atoms with E-state index in [1.54, 1.807) is 0 Å². The maximum atomic E-state index is 11.0. The van der Waals surface area contributed by atoms with Gasteiger partial charge in [0.25, 0.3) is 0 Å². The molecular formula is C5H4ClN5O. The fraction of sp³-hybridized carbons (Fsp3) is 0.200. The van der Waals surface area contributed by atoms with Gasteiger partial charge in [0.1, 0.15) is 5.88 Å². The van der Waals surface area contributed by atoms with Crippen LogP contribution in [0.4, 0.5) is 5.95 Å². The van der Waals surface area contributed by atoms with Crippen LogP contribution < -0.4 is 0 Å². The van der Waals surface area contributed by atoms with E-state index in [1.165, 1.54) is 12.4 Å². The molecule has 0 spiro atoms. The molecule has 0 saturated heterocycles. The van der Waals surface area contributed by atoms with E-state index in [-0.39, 0.29) is 17.7 Å². The van der Waals surface area contributed by atoms with E-state index >= 15 is 0 Å². The molecule has 1 aromatic rings. The molecule has 12 heavy (non-hydrogen) atoms. The molecule has 0 N–H and O–H groups in total. The summed E-state index contributed by atoms with van der Waals surface area (Å²) in [4.78, 5) is 17.1. The Kier molecular flexibility index (Phi) is 2.68. The van der Waals surface area contributed by atoms with Crippen LogP contribution in [0.25, 0.3) is 10.4 Å². The molecule has 62 valence electrons. The number of hydrogen-bond donors (Lipinski definition) is 0. The van der Waals surface area contributed by atoms with Crippen LogP contribution in [0.1, 0.15) is 4.79 Å². The van der Waals surface area contributed by atoms with Crippen LogP contribution in [-0.2, 0) is 0 Å². The van der Waals surface area contributed by atoms with Gasteiger partial charge in [0.2, 0.25) is 11.9 Å². The fourth-order valence-electron chi connectivity index (χ4n) is 0.669. The molecule has 0 amide bonds. The van der Waals surface area contributed by atoms with Gasteiger partial charge >= 0.3 is 0 Å². The number of alkyl halides is 1. The molecule has 0 saturated carbocycles. The lowest BCUT2D eigenvalue weighted by molar-refractivity contribution is 0.0942. The first-order valence-electron chi connectivity index (χ1n) is 2.97. The van der Waals surface area contributed by atoms with Crippen LogP contribution in [0.5, 0.6) is 0 Å². The summed E-state index contributed by atoms with van der Waals surface area (Å²) >= 11 is 5.28. The SMILES string of the molecule is [N-]=[N+]=Nc1nccn1C(=O)CCl. The molecule has 6 nitrogen and oxygen atoms in total. The highest BCUT2D eigenvalue weighted by atomic mass is 35.5. The van der Waals surface area contributed by atoms with Crippen molar-refractivity contribution in [3.8, 4) is 0 Å². The molecule has 0 atom stereocenters. The Labute approximate surface area is 72.4 Å². The van der Waals surface area contributed by atoms with Gasteiger partial charge in [0.15, 0.2) is 0 Å². The van der Waals surface area contributed by atoms with Crippen molar-refractivity contribution < 1.29 is 4.79 Å². The van der Waals surface area contributed by atoms with Crippen LogP contribution in [0.2, 0.25) is 0 Å². The zero-order valence-corrected chi connectivity index (χ0v) is 6.64. The molecule has 0 unspecified atom stereocenters. The Morgan fingerprint density at radius 2 is 2.67 bits per heavy atom. The second kappa shape index (κ2) is 3.75. The molecule has 0 aliphatic heterocycles. The Hall–Kier alpha value is -1.52. The van der Waals surface area contributed by atoms with Gasteiger partial charge in [-0.1, -0.05) is 0 Å². The number of halogens is 1. The van der Waals surface area contributed by atoms with Crippen molar-refractivity contribution in [1.82, 2.24) is 9.55 Å². The highest BCUT2D eigenvalue weighted by molar-refractivity contribution is 6.27. The van der Waals surface area contributed by atoms with Gasteiger partial charge in [-0.2, -0.15) is 0 Å². The van der Waals surface area contributed by atoms with E-state index in [0.29, 0.717) is 0 Å². The van der Waals surface area contributed by atoms with Crippen molar-refractivity contribution in [3.05, 3.63) is 22.8 Å². The van der Waals surface area contributed by atoms with Gasteiger partial charge in [0, 0.05) is 17.3 Å². The van der Waals surface area contributed by atoms with Crippen molar-refractivity contribution >= 4 is 23.5 Å². The zero-order valence-electron chi connectivity index (χ0n) is 5.88. The van der Waals surface area contributed by atoms with Crippen molar-refractivity contribution in [2.75, 3.05) is 5.88 Å². The zero-order chi connectivity index (χ0) is 8.97. The lowest BCUT2D eigenvalue weighted by Crippen LogP contribution is -2.09. The van der Waals surface area contributed by atoms with Gasteiger partial charge in [-0.25, -0.2) is 4.98 Å². The molecule has 1 heterocycles. The lowest BCUT2D eigenvalue weighted by Gasteiger charge is -1.96. The number of imidazole rings is 1. The second-order valence-electron chi connectivity index (χ2n) is 1.81. The van der Waals surface area contributed by atoms with Crippen molar-refractivity contribution in [2.45, 2.75) is 0 Å². The Balaban J connectivity index is 3.06. The summed E-state index contributed by atoms with van der Waals surface area (Å²) in [6, 6.07) is 0. The Morgan fingerprint density at radius 1 is 1.92 bits per heavy atom. The highest BCUT2D eigenvalue weighted by Gasteiger charge is 2.06. The predicted molar refractivity (Wildman–Crippen MR) is 42.4 cm³/mol. The molecule has 0 aliphatic carbocycles. The number of rotatable bonds is 2. The van der Waals surface area contributed by atoms with Crippen molar-refractivity contribution in [1.29, 1.82) is 0 Å². The van der Waals surface area contributed by atoms with Crippen LogP contribution in [0.3, 0.4) is 0 Å². The average molecular weight is 186 g/mol. The summed E-state index contributed by atoms with van der Waals surface area (Å²) in [6.45, 7) is 0. The van der Waals surface area contributed by atoms with Gasteiger partial charge in [-0.3, -0.25) is 9.36 Å². The monoisotopic (exact) mass is 185 g/mol. The lowest BCUT2D eigenvalue weighted by atomic mass is 10.6. The molecule has 0 aliphatic rings. The molecule has 1 aromatic heterocycles. The molecular weight excluding hydrogens is 182 g/mol. The number of aromatic nitrogens is 2. The summed E-state index contributed by atoms with van der Waals surface area (Å²) in [5.41, 5.74) is 8.08. The minimum Gasteiger partial charge on any atom is -0.273 e. The van der Waals surface area contributed by atoms with Crippen LogP contribution in [0.15, 0.2) is 17.5 Å². The number of nitrogens with zero attached hydrogens (tertiary/aromatic N) is 5. The van der Waals surface area contributed by atoms with E-state index in [9.17, 15) is 4.79 Å². The standard InChI is InChI=1S/C5H4ClN5O/c6-3-4(12)11-2-1-8-5(11)9-10-7/h1-2H,3H2. The summed E-state index contributed by atoms with van der Waals surface area (Å²) in [6.07, 6.45) is 2.74.